The van der Waals surface area contributed by atoms with Crippen LogP contribution in [0.15, 0.2) is 4.79 Å². The Morgan fingerprint density at radius 1 is 1.43 bits per heavy atom. The Bertz CT molecular complexity index is 396. The second-order valence-electron chi connectivity index (χ2n) is 3.64. The molecule has 1 aromatic heterocycles. The van der Waals surface area contributed by atoms with Gasteiger partial charge in [0.05, 0.1) is 11.3 Å². The number of nitrogens with zero attached hydrogens (tertiary/aromatic N) is 2. The zero-order chi connectivity index (χ0) is 10.1. The summed E-state index contributed by atoms with van der Waals surface area (Å²) in [5.41, 5.74) is 1.68. The van der Waals surface area contributed by atoms with Gasteiger partial charge in [0.15, 0.2) is 0 Å². The third kappa shape index (κ3) is 1.50. The van der Waals surface area contributed by atoms with E-state index < -0.39 is 0 Å². The maximum absolute atomic E-state index is 11.6. The van der Waals surface area contributed by atoms with Crippen LogP contribution < -0.4 is 15.8 Å². The van der Waals surface area contributed by atoms with E-state index in [4.69, 9.17) is 0 Å². The number of hydrogen-bond acceptors (Lipinski definition) is 4. The third-order valence-corrected chi connectivity index (χ3v) is 2.35. The van der Waals surface area contributed by atoms with E-state index in [1.807, 2.05) is 19.0 Å². The molecule has 0 bridgehead atoms. The Morgan fingerprint density at radius 3 is 2.93 bits per heavy atom. The van der Waals surface area contributed by atoms with Crippen molar-refractivity contribution in [3.05, 3.63) is 21.6 Å². The topological polar surface area (TPSA) is 61.0 Å². The first-order valence-corrected chi connectivity index (χ1v) is 4.68. The number of aromatic amines is 1. The SMILES string of the molecule is CN(C)c1nc2c(c(=O)[nH]1)CNCC2. The van der Waals surface area contributed by atoms with Crippen LogP contribution in [0.1, 0.15) is 11.3 Å². The molecule has 1 aliphatic heterocycles. The first-order chi connectivity index (χ1) is 6.68. The van der Waals surface area contributed by atoms with Gasteiger partial charge in [-0.05, 0) is 0 Å². The van der Waals surface area contributed by atoms with Crippen molar-refractivity contribution in [2.45, 2.75) is 13.0 Å². The highest BCUT2D eigenvalue weighted by Crippen LogP contribution is 2.09. The molecular formula is C9H14N4O. The van der Waals surface area contributed by atoms with Crippen LogP contribution in [0, 0.1) is 0 Å². The molecule has 0 aliphatic carbocycles. The van der Waals surface area contributed by atoms with E-state index in [1.54, 1.807) is 0 Å². The lowest BCUT2D eigenvalue weighted by molar-refractivity contribution is 0.619. The second kappa shape index (κ2) is 3.42. The minimum Gasteiger partial charge on any atom is -0.348 e. The largest absolute Gasteiger partial charge is 0.348 e. The van der Waals surface area contributed by atoms with Gasteiger partial charge in [0.2, 0.25) is 5.95 Å². The van der Waals surface area contributed by atoms with Gasteiger partial charge in [-0.2, -0.15) is 0 Å². The normalized spacial score (nSPS) is 15.0. The standard InChI is InChI=1S/C9H14N4O/c1-13(2)9-11-7-3-4-10-5-6(7)8(14)12-9/h10H,3-5H2,1-2H3,(H,11,12,14). The quantitative estimate of drug-likeness (QED) is 0.631. The van der Waals surface area contributed by atoms with E-state index in [1.165, 1.54) is 0 Å². The highest BCUT2D eigenvalue weighted by atomic mass is 16.1. The zero-order valence-corrected chi connectivity index (χ0v) is 8.42. The van der Waals surface area contributed by atoms with Gasteiger partial charge in [-0.1, -0.05) is 0 Å². The summed E-state index contributed by atoms with van der Waals surface area (Å²) in [6.07, 6.45) is 0.833. The minimum atomic E-state index is -0.0223. The lowest BCUT2D eigenvalue weighted by Gasteiger charge is -2.18. The van der Waals surface area contributed by atoms with Crippen LogP contribution in [-0.4, -0.2) is 30.6 Å². The average Bonchev–Trinajstić information content (AvgIpc) is 2.17. The van der Waals surface area contributed by atoms with Gasteiger partial charge in [-0.3, -0.25) is 9.78 Å². The van der Waals surface area contributed by atoms with Gasteiger partial charge in [0.25, 0.3) is 5.56 Å². The van der Waals surface area contributed by atoms with Crippen LogP contribution in [0.25, 0.3) is 0 Å². The zero-order valence-electron chi connectivity index (χ0n) is 8.42. The molecule has 0 saturated heterocycles. The number of fused-ring (bicyclic) bond motifs is 1. The van der Waals surface area contributed by atoms with E-state index in [2.05, 4.69) is 15.3 Å². The van der Waals surface area contributed by atoms with Crippen LogP contribution in [-0.2, 0) is 13.0 Å². The van der Waals surface area contributed by atoms with Crippen molar-refractivity contribution in [3.8, 4) is 0 Å². The van der Waals surface area contributed by atoms with Crippen molar-refractivity contribution in [1.82, 2.24) is 15.3 Å². The van der Waals surface area contributed by atoms with Gasteiger partial charge < -0.3 is 10.2 Å². The van der Waals surface area contributed by atoms with Crippen LogP contribution in [0.4, 0.5) is 5.95 Å². The molecule has 0 spiro atoms. The number of hydrogen-bond donors (Lipinski definition) is 2. The molecule has 2 heterocycles. The summed E-state index contributed by atoms with van der Waals surface area (Å²) in [5, 5.41) is 3.16. The van der Waals surface area contributed by atoms with Crippen LogP contribution in [0.5, 0.6) is 0 Å². The summed E-state index contributed by atoms with van der Waals surface area (Å²) in [5.74, 6) is 0.635. The molecule has 76 valence electrons. The fraction of sp³-hybridized carbons (Fsp3) is 0.556. The van der Waals surface area contributed by atoms with Crippen molar-refractivity contribution in [1.29, 1.82) is 0 Å². The lowest BCUT2D eigenvalue weighted by atomic mass is 10.1. The smallest absolute Gasteiger partial charge is 0.257 e. The number of H-pyrrole nitrogens is 1. The Kier molecular flexibility index (Phi) is 2.25. The highest BCUT2D eigenvalue weighted by Gasteiger charge is 2.15. The minimum absolute atomic E-state index is 0.0223. The molecule has 0 amide bonds. The Morgan fingerprint density at radius 2 is 2.21 bits per heavy atom. The first-order valence-electron chi connectivity index (χ1n) is 4.68. The van der Waals surface area contributed by atoms with Crippen LogP contribution >= 0.6 is 0 Å². The Hall–Kier alpha value is -1.36. The molecule has 1 aromatic rings. The number of anilines is 1. The molecule has 0 saturated carbocycles. The van der Waals surface area contributed by atoms with Crippen LogP contribution in [0.2, 0.25) is 0 Å². The fourth-order valence-electron chi connectivity index (χ4n) is 1.55. The monoisotopic (exact) mass is 194 g/mol. The van der Waals surface area contributed by atoms with Gasteiger partial charge in [0, 0.05) is 33.6 Å². The van der Waals surface area contributed by atoms with Gasteiger partial charge in [-0.15, -0.1) is 0 Å². The molecule has 5 heteroatoms. The first kappa shape index (κ1) is 9.21. The molecule has 0 radical (unpaired) electrons. The van der Waals surface area contributed by atoms with E-state index in [9.17, 15) is 4.79 Å². The maximum atomic E-state index is 11.6. The molecule has 0 aromatic carbocycles. The molecule has 1 aliphatic rings. The molecule has 0 unspecified atom stereocenters. The van der Waals surface area contributed by atoms with Gasteiger partial charge >= 0.3 is 0 Å². The van der Waals surface area contributed by atoms with E-state index in [0.717, 1.165) is 24.2 Å². The predicted octanol–water partition coefficient (Wildman–Crippen LogP) is -0.518. The molecule has 0 atom stereocenters. The molecular weight excluding hydrogens is 180 g/mol. The Balaban J connectivity index is 2.52. The van der Waals surface area contributed by atoms with Crippen molar-refractivity contribution >= 4 is 5.95 Å². The second-order valence-corrected chi connectivity index (χ2v) is 3.64. The number of aromatic nitrogens is 2. The number of rotatable bonds is 1. The van der Waals surface area contributed by atoms with Crippen molar-refractivity contribution < 1.29 is 0 Å². The van der Waals surface area contributed by atoms with E-state index in [-0.39, 0.29) is 5.56 Å². The van der Waals surface area contributed by atoms with Gasteiger partial charge in [0.1, 0.15) is 0 Å². The van der Waals surface area contributed by atoms with Crippen molar-refractivity contribution in [3.63, 3.8) is 0 Å². The van der Waals surface area contributed by atoms with E-state index >= 15 is 0 Å². The average molecular weight is 194 g/mol. The Labute approximate surface area is 82.2 Å². The van der Waals surface area contributed by atoms with E-state index in [0.29, 0.717) is 12.5 Å². The maximum Gasteiger partial charge on any atom is 0.257 e. The number of nitrogens with one attached hydrogen (secondary N) is 2. The molecule has 2 N–H and O–H groups in total. The third-order valence-electron chi connectivity index (χ3n) is 2.35. The molecule has 2 rings (SSSR count). The van der Waals surface area contributed by atoms with Gasteiger partial charge in [-0.25, -0.2) is 4.98 Å². The highest BCUT2D eigenvalue weighted by molar-refractivity contribution is 5.32. The lowest BCUT2D eigenvalue weighted by Crippen LogP contribution is -2.32. The molecule has 14 heavy (non-hydrogen) atoms. The summed E-state index contributed by atoms with van der Waals surface area (Å²) < 4.78 is 0. The summed E-state index contributed by atoms with van der Waals surface area (Å²) in [6, 6.07) is 0. The predicted molar refractivity (Wildman–Crippen MR) is 54.6 cm³/mol. The summed E-state index contributed by atoms with van der Waals surface area (Å²) >= 11 is 0. The molecule has 5 nitrogen and oxygen atoms in total. The van der Waals surface area contributed by atoms with Crippen LogP contribution in [0.3, 0.4) is 0 Å². The van der Waals surface area contributed by atoms with Crippen molar-refractivity contribution in [2.24, 2.45) is 0 Å². The summed E-state index contributed by atoms with van der Waals surface area (Å²) in [7, 11) is 3.73. The summed E-state index contributed by atoms with van der Waals surface area (Å²) in [6.45, 7) is 1.53. The summed E-state index contributed by atoms with van der Waals surface area (Å²) in [4.78, 5) is 20.6. The molecule has 0 fully saturated rings. The fourth-order valence-corrected chi connectivity index (χ4v) is 1.55. The van der Waals surface area contributed by atoms with Crippen molar-refractivity contribution in [2.75, 3.05) is 25.5 Å².